The van der Waals surface area contributed by atoms with Gasteiger partial charge in [-0.25, -0.2) is 4.98 Å². The smallest absolute Gasteiger partial charge is 0.227 e. The lowest BCUT2D eigenvalue weighted by Crippen LogP contribution is -2.30. The molecule has 1 aliphatic heterocycles. The lowest BCUT2D eigenvalue weighted by Gasteiger charge is -2.18. The minimum absolute atomic E-state index is 0.198. The highest BCUT2D eigenvalue weighted by molar-refractivity contribution is 5.79. The molecule has 5 heteroatoms. The molecule has 0 N–H and O–H groups in total. The van der Waals surface area contributed by atoms with Gasteiger partial charge in [-0.3, -0.25) is 4.79 Å². The van der Waals surface area contributed by atoms with Crippen LogP contribution in [-0.2, 0) is 17.6 Å². The molecule has 2 heterocycles. The number of hydrogen-bond acceptors (Lipinski definition) is 3. The van der Waals surface area contributed by atoms with E-state index in [0.717, 1.165) is 43.1 Å². The average molecular weight is 355 g/mol. The highest BCUT2D eigenvalue weighted by Gasteiger charge is 2.27. The summed E-state index contributed by atoms with van der Waals surface area (Å²) in [4.78, 5) is 19.3. The molecular formula is C21H29N3O2. The Labute approximate surface area is 156 Å². The second-order valence-corrected chi connectivity index (χ2v) is 7.51. The molecule has 1 atom stereocenters. The Hall–Kier alpha value is -2.30. The number of amides is 1. The van der Waals surface area contributed by atoms with Crippen molar-refractivity contribution in [3.05, 3.63) is 47.5 Å². The van der Waals surface area contributed by atoms with Crippen molar-refractivity contribution in [2.45, 2.75) is 46.1 Å². The van der Waals surface area contributed by atoms with Crippen molar-refractivity contribution < 1.29 is 9.53 Å². The van der Waals surface area contributed by atoms with Crippen molar-refractivity contribution in [2.75, 3.05) is 20.2 Å². The van der Waals surface area contributed by atoms with Gasteiger partial charge in [-0.05, 0) is 50.8 Å². The highest BCUT2D eigenvalue weighted by atomic mass is 16.5. The Morgan fingerprint density at radius 3 is 2.92 bits per heavy atom. The first-order valence-corrected chi connectivity index (χ1v) is 9.41. The molecule has 1 amide bonds. The maximum atomic E-state index is 12.7. The van der Waals surface area contributed by atoms with Crippen LogP contribution in [0, 0.1) is 12.8 Å². The zero-order valence-electron chi connectivity index (χ0n) is 16.2. The fraction of sp³-hybridized carbons (Fsp3) is 0.524. The maximum absolute atomic E-state index is 12.7. The Bertz CT molecular complexity index is 766. The molecule has 5 nitrogen and oxygen atoms in total. The zero-order valence-corrected chi connectivity index (χ0v) is 16.2. The fourth-order valence-corrected chi connectivity index (χ4v) is 3.91. The summed E-state index contributed by atoms with van der Waals surface area (Å²) in [6.45, 7) is 8.16. The number of carbonyl (C=O) groups excluding carboxylic acids is 1. The number of carbonyl (C=O) groups is 1. The van der Waals surface area contributed by atoms with Gasteiger partial charge in [-0.1, -0.05) is 12.1 Å². The van der Waals surface area contributed by atoms with E-state index >= 15 is 0 Å². The average Bonchev–Trinajstić information content (AvgIpc) is 3.22. The van der Waals surface area contributed by atoms with Crippen LogP contribution < -0.4 is 4.74 Å². The third-order valence-corrected chi connectivity index (χ3v) is 5.17. The van der Waals surface area contributed by atoms with Crippen LogP contribution in [0.1, 0.15) is 43.4 Å². The second kappa shape index (κ2) is 7.94. The predicted octanol–water partition coefficient (Wildman–Crippen LogP) is 3.41. The van der Waals surface area contributed by atoms with Crippen LogP contribution in [0.15, 0.2) is 30.5 Å². The highest BCUT2D eigenvalue weighted by Crippen LogP contribution is 2.24. The number of hydrogen-bond donors (Lipinski definition) is 0. The van der Waals surface area contributed by atoms with Crippen LogP contribution in [0.3, 0.4) is 0 Å². The standard InChI is InChI=1S/C21H29N3O2/c1-15(2)24-16(3)13-22-20(24)11-18-8-9-23(14-18)21(25)12-17-6-5-7-19(10-17)26-4/h5-7,10,13,15,18H,8-9,11-12,14H2,1-4H3/t18-/m1/s1. The van der Waals surface area contributed by atoms with E-state index in [1.54, 1.807) is 7.11 Å². The second-order valence-electron chi connectivity index (χ2n) is 7.51. The van der Waals surface area contributed by atoms with E-state index in [0.29, 0.717) is 18.4 Å². The largest absolute Gasteiger partial charge is 0.497 e. The molecule has 0 saturated carbocycles. The Balaban J connectivity index is 1.59. The third-order valence-electron chi connectivity index (χ3n) is 5.17. The SMILES string of the molecule is COc1cccc(CC(=O)N2CC[C@H](Cc3ncc(C)n3C(C)C)C2)c1. The van der Waals surface area contributed by atoms with Gasteiger partial charge < -0.3 is 14.2 Å². The van der Waals surface area contributed by atoms with Crippen LogP contribution in [0.2, 0.25) is 0 Å². The molecule has 140 valence electrons. The molecule has 0 radical (unpaired) electrons. The van der Waals surface area contributed by atoms with Crippen molar-refractivity contribution in [3.63, 3.8) is 0 Å². The molecule has 1 fully saturated rings. The van der Waals surface area contributed by atoms with Crippen LogP contribution in [-0.4, -0.2) is 40.6 Å². The Kier molecular flexibility index (Phi) is 5.64. The van der Waals surface area contributed by atoms with Crippen molar-refractivity contribution >= 4 is 5.91 Å². The first-order chi connectivity index (χ1) is 12.5. The van der Waals surface area contributed by atoms with Gasteiger partial charge in [-0.2, -0.15) is 0 Å². The van der Waals surface area contributed by atoms with E-state index in [-0.39, 0.29) is 5.91 Å². The van der Waals surface area contributed by atoms with Crippen LogP contribution in [0.5, 0.6) is 5.75 Å². The number of aryl methyl sites for hydroxylation is 1. The van der Waals surface area contributed by atoms with Gasteiger partial charge in [0.2, 0.25) is 5.91 Å². The molecule has 1 aromatic heterocycles. The van der Waals surface area contributed by atoms with E-state index in [2.05, 4.69) is 30.3 Å². The summed E-state index contributed by atoms with van der Waals surface area (Å²) in [6, 6.07) is 8.17. The fourth-order valence-electron chi connectivity index (χ4n) is 3.91. The minimum Gasteiger partial charge on any atom is -0.497 e. The summed E-state index contributed by atoms with van der Waals surface area (Å²) in [7, 11) is 1.65. The van der Waals surface area contributed by atoms with Gasteiger partial charge in [0.1, 0.15) is 11.6 Å². The number of nitrogens with zero attached hydrogens (tertiary/aromatic N) is 3. The summed E-state index contributed by atoms with van der Waals surface area (Å²) in [5.41, 5.74) is 2.21. The van der Waals surface area contributed by atoms with Crippen LogP contribution >= 0.6 is 0 Å². The first kappa shape index (κ1) is 18.5. The van der Waals surface area contributed by atoms with Crippen molar-refractivity contribution in [2.24, 2.45) is 5.92 Å². The zero-order chi connectivity index (χ0) is 18.7. The van der Waals surface area contributed by atoms with E-state index in [4.69, 9.17) is 4.74 Å². The quantitative estimate of drug-likeness (QED) is 0.798. The van der Waals surface area contributed by atoms with E-state index in [1.165, 1.54) is 5.69 Å². The lowest BCUT2D eigenvalue weighted by atomic mass is 10.0. The first-order valence-electron chi connectivity index (χ1n) is 9.41. The molecule has 1 aromatic carbocycles. The van der Waals surface area contributed by atoms with Gasteiger partial charge in [0, 0.05) is 37.4 Å². The van der Waals surface area contributed by atoms with E-state index < -0.39 is 0 Å². The molecular weight excluding hydrogens is 326 g/mol. The number of imidazole rings is 1. The summed E-state index contributed by atoms with van der Waals surface area (Å²) < 4.78 is 7.55. The van der Waals surface area contributed by atoms with Crippen molar-refractivity contribution in [1.29, 1.82) is 0 Å². The van der Waals surface area contributed by atoms with Gasteiger partial charge in [0.15, 0.2) is 0 Å². The summed E-state index contributed by atoms with van der Waals surface area (Å²) in [6.07, 6.45) is 4.38. The number of benzene rings is 1. The molecule has 1 aliphatic rings. The molecule has 3 rings (SSSR count). The topological polar surface area (TPSA) is 47.4 Å². The van der Waals surface area contributed by atoms with Gasteiger partial charge >= 0.3 is 0 Å². The number of methoxy groups -OCH3 is 1. The number of aromatic nitrogens is 2. The van der Waals surface area contributed by atoms with Crippen molar-refractivity contribution in [3.8, 4) is 5.75 Å². The maximum Gasteiger partial charge on any atom is 0.227 e. The predicted molar refractivity (Wildman–Crippen MR) is 102 cm³/mol. The molecule has 1 saturated heterocycles. The molecule has 26 heavy (non-hydrogen) atoms. The van der Waals surface area contributed by atoms with Crippen molar-refractivity contribution in [1.82, 2.24) is 14.5 Å². The Morgan fingerprint density at radius 1 is 1.38 bits per heavy atom. The molecule has 2 aromatic rings. The van der Waals surface area contributed by atoms with Crippen LogP contribution in [0.25, 0.3) is 0 Å². The molecule has 0 aliphatic carbocycles. The monoisotopic (exact) mass is 355 g/mol. The van der Waals surface area contributed by atoms with Gasteiger partial charge in [0.05, 0.1) is 13.5 Å². The third kappa shape index (κ3) is 4.09. The lowest BCUT2D eigenvalue weighted by molar-refractivity contribution is -0.129. The Morgan fingerprint density at radius 2 is 2.19 bits per heavy atom. The number of rotatable bonds is 6. The summed E-state index contributed by atoms with van der Waals surface area (Å²) >= 11 is 0. The van der Waals surface area contributed by atoms with Crippen LogP contribution in [0.4, 0.5) is 0 Å². The minimum atomic E-state index is 0.198. The van der Waals surface area contributed by atoms with E-state index in [1.807, 2.05) is 35.4 Å². The van der Waals surface area contributed by atoms with E-state index in [9.17, 15) is 4.79 Å². The van der Waals surface area contributed by atoms with Gasteiger partial charge in [0.25, 0.3) is 0 Å². The molecule has 0 bridgehead atoms. The molecule has 0 spiro atoms. The van der Waals surface area contributed by atoms with Gasteiger partial charge in [-0.15, -0.1) is 0 Å². The summed E-state index contributed by atoms with van der Waals surface area (Å²) in [5, 5.41) is 0. The number of ether oxygens (including phenoxy) is 1. The molecule has 0 unspecified atom stereocenters. The normalized spacial score (nSPS) is 17.1. The number of likely N-dealkylation sites (tertiary alicyclic amines) is 1. The summed E-state index contributed by atoms with van der Waals surface area (Å²) in [5.74, 6) is 2.63.